The molecule has 1 heterocycles. The van der Waals surface area contributed by atoms with Gasteiger partial charge < -0.3 is 0 Å². The number of nitrogens with zero attached hydrogens (tertiary/aromatic N) is 2. The van der Waals surface area contributed by atoms with E-state index in [4.69, 9.17) is 5.26 Å². The highest BCUT2D eigenvalue weighted by Gasteiger charge is 2.02. The van der Waals surface area contributed by atoms with E-state index in [2.05, 4.69) is 4.98 Å². The molecule has 1 aromatic heterocycles. The Kier molecular flexibility index (Phi) is 3.44. The standard InChI is InChI=1S/C14H8F2N2/c15-12-4-5-13(16)10(8-12)3-6-14-11(9-17)2-1-7-18-14/h1-8H. The fraction of sp³-hybridized carbons (Fsp3) is 0. The minimum atomic E-state index is -0.526. The summed E-state index contributed by atoms with van der Waals surface area (Å²) in [5.74, 6) is -1.04. The lowest BCUT2D eigenvalue weighted by Crippen LogP contribution is -1.87. The van der Waals surface area contributed by atoms with Crippen LogP contribution in [0.3, 0.4) is 0 Å². The number of benzene rings is 1. The largest absolute Gasteiger partial charge is 0.256 e. The predicted molar refractivity (Wildman–Crippen MR) is 64.2 cm³/mol. The third-order valence-electron chi connectivity index (χ3n) is 2.34. The minimum absolute atomic E-state index is 0.115. The van der Waals surface area contributed by atoms with Gasteiger partial charge in [-0.25, -0.2) is 8.78 Å². The summed E-state index contributed by atoms with van der Waals surface area (Å²) < 4.78 is 26.3. The van der Waals surface area contributed by atoms with Crippen molar-refractivity contribution in [2.45, 2.75) is 0 Å². The highest BCUT2D eigenvalue weighted by atomic mass is 19.1. The van der Waals surface area contributed by atoms with Crippen LogP contribution in [0.4, 0.5) is 8.78 Å². The molecule has 0 radical (unpaired) electrons. The molecule has 0 amide bonds. The first-order chi connectivity index (χ1) is 8.70. The molecule has 2 nitrogen and oxygen atoms in total. The van der Waals surface area contributed by atoms with Gasteiger partial charge in [-0.1, -0.05) is 0 Å². The smallest absolute Gasteiger partial charge is 0.130 e. The van der Waals surface area contributed by atoms with Gasteiger partial charge in [0, 0.05) is 11.8 Å². The molecule has 18 heavy (non-hydrogen) atoms. The van der Waals surface area contributed by atoms with Crippen LogP contribution >= 0.6 is 0 Å². The van der Waals surface area contributed by atoms with Gasteiger partial charge in [-0.3, -0.25) is 4.98 Å². The van der Waals surface area contributed by atoms with Gasteiger partial charge in [0.15, 0.2) is 0 Å². The molecule has 2 aromatic rings. The second-order valence-corrected chi connectivity index (χ2v) is 3.55. The Morgan fingerprint density at radius 2 is 2.00 bits per heavy atom. The molecule has 0 N–H and O–H groups in total. The van der Waals surface area contributed by atoms with Crippen LogP contribution in [0, 0.1) is 23.0 Å². The second kappa shape index (κ2) is 5.19. The van der Waals surface area contributed by atoms with E-state index < -0.39 is 11.6 Å². The molecule has 0 aliphatic heterocycles. The zero-order chi connectivity index (χ0) is 13.0. The molecule has 0 unspecified atom stereocenters. The first kappa shape index (κ1) is 11.9. The average Bonchev–Trinajstić information content (AvgIpc) is 2.40. The molecule has 0 saturated heterocycles. The first-order valence-electron chi connectivity index (χ1n) is 5.19. The highest BCUT2D eigenvalue weighted by molar-refractivity contribution is 5.70. The maximum atomic E-state index is 13.4. The summed E-state index contributed by atoms with van der Waals surface area (Å²) in [4.78, 5) is 3.99. The van der Waals surface area contributed by atoms with Crippen molar-refractivity contribution in [3.05, 3.63) is 65.0 Å². The number of pyridine rings is 1. The van der Waals surface area contributed by atoms with E-state index in [0.29, 0.717) is 11.3 Å². The Morgan fingerprint density at radius 3 is 2.78 bits per heavy atom. The summed E-state index contributed by atoms with van der Waals surface area (Å²) in [5, 5.41) is 8.86. The van der Waals surface area contributed by atoms with Gasteiger partial charge in [-0.15, -0.1) is 0 Å². The fourth-order valence-electron chi connectivity index (χ4n) is 1.46. The highest BCUT2D eigenvalue weighted by Crippen LogP contribution is 2.14. The molecule has 1 aromatic carbocycles. The van der Waals surface area contributed by atoms with Crippen LogP contribution in [0.1, 0.15) is 16.8 Å². The van der Waals surface area contributed by atoms with Gasteiger partial charge in [0.25, 0.3) is 0 Å². The number of halogens is 2. The Morgan fingerprint density at radius 1 is 1.17 bits per heavy atom. The fourth-order valence-corrected chi connectivity index (χ4v) is 1.46. The molecule has 0 atom stereocenters. The molecule has 0 bridgehead atoms. The normalized spacial score (nSPS) is 10.5. The summed E-state index contributed by atoms with van der Waals surface area (Å²) in [6, 6.07) is 8.41. The van der Waals surface area contributed by atoms with Crippen molar-refractivity contribution in [2.24, 2.45) is 0 Å². The molecule has 0 aliphatic rings. The topological polar surface area (TPSA) is 36.7 Å². The van der Waals surface area contributed by atoms with Crippen molar-refractivity contribution in [2.75, 3.05) is 0 Å². The predicted octanol–water partition coefficient (Wildman–Crippen LogP) is 3.40. The molecule has 4 heteroatoms. The van der Waals surface area contributed by atoms with Crippen molar-refractivity contribution < 1.29 is 8.78 Å². The third-order valence-corrected chi connectivity index (χ3v) is 2.34. The van der Waals surface area contributed by atoms with Crippen LogP contribution in [0.25, 0.3) is 12.2 Å². The Bertz CT molecular complexity index is 642. The van der Waals surface area contributed by atoms with Crippen LogP contribution in [-0.2, 0) is 0 Å². The maximum absolute atomic E-state index is 13.4. The minimum Gasteiger partial charge on any atom is -0.256 e. The zero-order valence-corrected chi connectivity index (χ0v) is 9.27. The van der Waals surface area contributed by atoms with Crippen LogP contribution in [0.5, 0.6) is 0 Å². The van der Waals surface area contributed by atoms with E-state index >= 15 is 0 Å². The number of nitriles is 1. The van der Waals surface area contributed by atoms with Gasteiger partial charge in [0.2, 0.25) is 0 Å². The van der Waals surface area contributed by atoms with Gasteiger partial charge in [-0.2, -0.15) is 5.26 Å². The van der Waals surface area contributed by atoms with E-state index in [9.17, 15) is 8.78 Å². The average molecular weight is 242 g/mol. The number of hydrogen-bond acceptors (Lipinski definition) is 2. The monoisotopic (exact) mass is 242 g/mol. The molecular formula is C14H8F2N2. The lowest BCUT2D eigenvalue weighted by Gasteiger charge is -1.98. The second-order valence-electron chi connectivity index (χ2n) is 3.55. The quantitative estimate of drug-likeness (QED) is 0.809. The summed E-state index contributed by atoms with van der Waals surface area (Å²) in [6.45, 7) is 0. The SMILES string of the molecule is N#Cc1cccnc1C=Cc1cc(F)ccc1F. The van der Waals surface area contributed by atoms with Crippen LogP contribution in [-0.4, -0.2) is 4.98 Å². The molecular weight excluding hydrogens is 234 g/mol. The van der Waals surface area contributed by atoms with Gasteiger partial charge >= 0.3 is 0 Å². The summed E-state index contributed by atoms with van der Waals surface area (Å²) in [5.41, 5.74) is 0.916. The van der Waals surface area contributed by atoms with Crippen LogP contribution in [0.2, 0.25) is 0 Å². The van der Waals surface area contributed by atoms with E-state index in [1.54, 1.807) is 12.1 Å². The lowest BCUT2D eigenvalue weighted by molar-refractivity contribution is 0.598. The van der Waals surface area contributed by atoms with Crippen LogP contribution in [0.15, 0.2) is 36.5 Å². The van der Waals surface area contributed by atoms with E-state index in [1.165, 1.54) is 18.3 Å². The molecule has 2 rings (SSSR count). The Labute approximate surface area is 103 Å². The van der Waals surface area contributed by atoms with E-state index in [1.807, 2.05) is 6.07 Å². The van der Waals surface area contributed by atoms with Gasteiger partial charge in [0.05, 0.1) is 11.3 Å². The molecule has 0 fully saturated rings. The van der Waals surface area contributed by atoms with Gasteiger partial charge in [-0.05, 0) is 42.5 Å². The molecule has 0 spiro atoms. The van der Waals surface area contributed by atoms with Crippen molar-refractivity contribution in [1.29, 1.82) is 5.26 Å². The van der Waals surface area contributed by atoms with Crippen molar-refractivity contribution >= 4 is 12.2 Å². The van der Waals surface area contributed by atoms with Gasteiger partial charge in [0.1, 0.15) is 17.7 Å². The van der Waals surface area contributed by atoms with Crippen molar-refractivity contribution in [3.8, 4) is 6.07 Å². The lowest BCUT2D eigenvalue weighted by atomic mass is 10.1. The van der Waals surface area contributed by atoms with Crippen LogP contribution < -0.4 is 0 Å². The maximum Gasteiger partial charge on any atom is 0.130 e. The Hall–Kier alpha value is -2.54. The molecule has 0 aliphatic carbocycles. The first-order valence-corrected chi connectivity index (χ1v) is 5.19. The number of aromatic nitrogens is 1. The van der Waals surface area contributed by atoms with Crippen molar-refractivity contribution in [3.63, 3.8) is 0 Å². The molecule has 0 saturated carbocycles. The summed E-state index contributed by atoms with van der Waals surface area (Å²) in [6.07, 6.45) is 4.40. The third kappa shape index (κ3) is 2.58. The van der Waals surface area contributed by atoms with E-state index in [0.717, 1.165) is 18.2 Å². The van der Waals surface area contributed by atoms with E-state index in [-0.39, 0.29) is 5.56 Å². The number of hydrogen-bond donors (Lipinski definition) is 0. The number of rotatable bonds is 2. The summed E-state index contributed by atoms with van der Waals surface area (Å²) in [7, 11) is 0. The zero-order valence-electron chi connectivity index (χ0n) is 9.27. The Balaban J connectivity index is 2.36. The van der Waals surface area contributed by atoms with Crippen molar-refractivity contribution in [1.82, 2.24) is 4.98 Å². The molecule has 88 valence electrons. The summed E-state index contributed by atoms with van der Waals surface area (Å²) >= 11 is 0.